The Morgan fingerprint density at radius 3 is 3.14 bits per heavy atom. The fourth-order valence-corrected chi connectivity index (χ4v) is 2.80. The van der Waals surface area contributed by atoms with Gasteiger partial charge in [0.15, 0.2) is 0 Å². The summed E-state index contributed by atoms with van der Waals surface area (Å²) in [5.41, 5.74) is 5.91. The minimum absolute atomic E-state index is 0.350. The van der Waals surface area contributed by atoms with E-state index in [-0.39, 0.29) is 0 Å². The Morgan fingerprint density at radius 2 is 2.57 bits per heavy atom. The van der Waals surface area contributed by atoms with E-state index in [4.69, 9.17) is 5.73 Å². The molecule has 0 radical (unpaired) electrons. The van der Waals surface area contributed by atoms with Gasteiger partial charge < -0.3 is 5.73 Å². The molecule has 2 rings (SSSR count). The quantitative estimate of drug-likeness (QED) is 0.826. The minimum atomic E-state index is 0.350. The van der Waals surface area contributed by atoms with Crippen molar-refractivity contribution in [2.45, 2.75) is 25.9 Å². The molecule has 0 aromatic carbocycles. The van der Waals surface area contributed by atoms with Gasteiger partial charge in [-0.2, -0.15) is 0 Å². The van der Waals surface area contributed by atoms with Gasteiger partial charge in [-0.1, -0.05) is 6.07 Å². The summed E-state index contributed by atoms with van der Waals surface area (Å²) in [5.74, 6) is 0.704. The second kappa shape index (κ2) is 4.43. The summed E-state index contributed by atoms with van der Waals surface area (Å²) in [6.45, 7) is 5.62. The molecule has 1 saturated heterocycles. The molecule has 14 heavy (non-hydrogen) atoms. The number of hydrogen-bond acceptors (Lipinski definition) is 3. The SMILES string of the molecule is CC(N)C1CCN(Cc2cccs2)C1. The smallest absolute Gasteiger partial charge is 0.0328 e. The maximum atomic E-state index is 5.91. The van der Waals surface area contributed by atoms with E-state index < -0.39 is 0 Å². The van der Waals surface area contributed by atoms with E-state index in [2.05, 4.69) is 29.3 Å². The molecule has 0 saturated carbocycles. The van der Waals surface area contributed by atoms with E-state index >= 15 is 0 Å². The fourth-order valence-electron chi connectivity index (χ4n) is 2.06. The molecular weight excluding hydrogens is 192 g/mol. The maximum absolute atomic E-state index is 5.91. The molecular formula is C11H18N2S. The van der Waals surface area contributed by atoms with Crippen molar-refractivity contribution in [3.8, 4) is 0 Å². The summed E-state index contributed by atoms with van der Waals surface area (Å²) < 4.78 is 0. The third-order valence-corrected chi connectivity index (χ3v) is 3.87. The van der Waals surface area contributed by atoms with Crippen LogP contribution in [0.1, 0.15) is 18.2 Å². The summed E-state index contributed by atoms with van der Waals surface area (Å²) >= 11 is 1.85. The average Bonchev–Trinajstić information content (AvgIpc) is 2.75. The summed E-state index contributed by atoms with van der Waals surface area (Å²) in [4.78, 5) is 3.98. The van der Waals surface area contributed by atoms with Crippen molar-refractivity contribution in [1.29, 1.82) is 0 Å². The van der Waals surface area contributed by atoms with Gasteiger partial charge in [-0.15, -0.1) is 11.3 Å². The number of nitrogens with zero attached hydrogens (tertiary/aromatic N) is 1. The molecule has 1 aliphatic heterocycles. The molecule has 2 nitrogen and oxygen atoms in total. The first-order valence-electron chi connectivity index (χ1n) is 5.26. The molecule has 0 aliphatic carbocycles. The van der Waals surface area contributed by atoms with Crippen LogP contribution >= 0.6 is 11.3 Å². The standard InChI is InChI=1S/C11H18N2S/c1-9(12)10-4-5-13(7-10)8-11-3-2-6-14-11/h2-3,6,9-10H,4-5,7-8,12H2,1H3. The Morgan fingerprint density at radius 1 is 1.71 bits per heavy atom. The van der Waals surface area contributed by atoms with Crippen LogP contribution in [0.25, 0.3) is 0 Å². The van der Waals surface area contributed by atoms with Crippen LogP contribution in [-0.4, -0.2) is 24.0 Å². The summed E-state index contributed by atoms with van der Waals surface area (Å²) in [5, 5.41) is 2.15. The third kappa shape index (κ3) is 2.35. The topological polar surface area (TPSA) is 29.3 Å². The van der Waals surface area contributed by atoms with Crippen molar-refractivity contribution in [3.63, 3.8) is 0 Å². The van der Waals surface area contributed by atoms with Crippen LogP contribution in [-0.2, 0) is 6.54 Å². The number of rotatable bonds is 3. The molecule has 1 aromatic rings. The lowest BCUT2D eigenvalue weighted by atomic mass is 10.0. The Bertz CT molecular complexity index is 269. The zero-order valence-corrected chi connectivity index (χ0v) is 9.46. The van der Waals surface area contributed by atoms with Crippen LogP contribution < -0.4 is 5.73 Å². The van der Waals surface area contributed by atoms with E-state index in [0.29, 0.717) is 12.0 Å². The van der Waals surface area contributed by atoms with Gasteiger partial charge in [0.05, 0.1) is 0 Å². The van der Waals surface area contributed by atoms with E-state index in [0.717, 1.165) is 6.54 Å². The third-order valence-electron chi connectivity index (χ3n) is 3.01. The lowest BCUT2D eigenvalue weighted by Gasteiger charge is -2.16. The zero-order chi connectivity index (χ0) is 9.97. The maximum Gasteiger partial charge on any atom is 0.0328 e. The first kappa shape index (κ1) is 10.1. The number of nitrogens with two attached hydrogens (primary N) is 1. The monoisotopic (exact) mass is 210 g/mol. The molecule has 0 spiro atoms. The van der Waals surface area contributed by atoms with Crippen LogP contribution in [0.2, 0.25) is 0 Å². The normalized spacial score (nSPS) is 25.4. The first-order chi connectivity index (χ1) is 6.75. The summed E-state index contributed by atoms with van der Waals surface area (Å²) in [6.07, 6.45) is 1.27. The number of hydrogen-bond donors (Lipinski definition) is 1. The molecule has 3 heteroatoms. The minimum Gasteiger partial charge on any atom is -0.328 e. The molecule has 1 aromatic heterocycles. The van der Waals surface area contributed by atoms with Gasteiger partial charge >= 0.3 is 0 Å². The van der Waals surface area contributed by atoms with Crippen molar-refractivity contribution >= 4 is 11.3 Å². The zero-order valence-electron chi connectivity index (χ0n) is 8.65. The lowest BCUT2D eigenvalue weighted by Crippen LogP contribution is -2.29. The molecule has 2 atom stereocenters. The molecule has 2 unspecified atom stereocenters. The Balaban J connectivity index is 1.84. The van der Waals surface area contributed by atoms with Crippen molar-refractivity contribution < 1.29 is 0 Å². The summed E-state index contributed by atoms with van der Waals surface area (Å²) in [7, 11) is 0. The van der Waals surface area contributed by atoms with Gasteiger partial charge in [0.1, 0.15) is 0 Å². The predicted molar refractivity (Wildman–Crippen MR) is 61.4 cm³/mol. The van der Waals surface area contributed by atoms with E-state index in [9.17, 15) is 0 Å². The van der Waals surface area contributed by atoms with E-state index in [1.807, 2.05) is 11.3 Å². The predicted octanol–water partition coefficient (Wildman–Crippen LogP) is 1.92. The largest absolute Gasteiger partial charge is 0.328 e. The van der Waals surface area contributed by atoms with Crippen LogP contribution in [0, 0.1) is 5.92 Å². The number of thiophene rings is 1. The molecule has 0 amide bonds. The first-order valence-corrected chi connectivity index (χ1v) is 6.14. The van der Waals surface area contributed by atoms with Gasteiger partial charge in [-0.25, -0.2) is 0 Å². The van der Waals surface area contributed by atoms with E-state index in [1.54, 1.807) is 0 Å². The highest BCUT2D eigenvalue weighted by Crippen LogP contribution is 2.21. The Hall–Kier alpha value is -0.380. The van der Waals surface area contributed by atoms with Crippen molar-refractivity contribution in [2.24, 2.45) is 11.7 Å². The van der Waals surface area contributed by atoms with Gasteiger partial charge in [0.2, 0.25) is 0 Å². The highest BCUT2D eigenvalue weighted by Gasteiger charge is 2.24. The highest BCUT2D eigenvalue weighted by atomic mass is 32.1. The average molecular weight is 210 g/mol. The van der Waals surface area contributed by atoms with Crippen LogP contribution in [0.3, 0.4) is 0 Å². The van der Waals surface area contributed by atoms with Crippen LogP contribution in [0.15, 0.2) is 17.5 Å². The van der Waals surface area contributed by atoms with Gasteiger partial charge in [-0.3, -0.25) is 4.90 Å². The van der Waals surface area contributed by atoms with Crippen molar-refractivity contribution in [1.82, 2.24) is 4.90 Å². The highest BCUT2D eigenvalue weighted by molar-refractivity contribution is 7.09. The van der Waals surface area contributed by atoms with Crippen molar-refractivity contribution in [2.75, 3.05) is 13.1 Å². The lowest BCUT2D eigenvalue weighted by molar-refractivity contribution is 0.311. The molecule has 1 aliphatic rings. The Kier molecular flexibility index (Phi) is 3.21. The molecule has 0 bridgehead atoms. The Labute approximate surface area is 89.7 Å². The number of likely N-dealkylation sites (tertiary alicyclic amines) is 1. The van der Waals surface area contributed by atoms with Crippen LogP contribution in [0.5, 0.6) is 0 Å². The fraction of sp³-hybridized carbons (Fsp3) is 0.636. The van der Waals surface area contributed by atoms with Crippen LogP contribution in [0.4, 0.5) is 0 Å². The van der Waals surface area contributed by atoms with Gasteiger partial charge in [-0.05, 0) is 37.3 Å². The van der Waals surface area contributed by atoms with E-state index in [1.165, 1.54) is 24.4 Å². The van der Waals surface area contributed by atoms with Gasteiger partial charge in [0.25, 0.3) is 0 Å². The second-order valence-corrected chi connectivity index (χ2v) is 5.25. The second-order valence-electron chi connectivity index (χ2n) is 4.22. The van der Waals surface area contributed by atoms with Gasteiger partial charge in [0, 0.05) is 24.0 Å². The molecule has 2 N–H and O–H groups in total. The molecule has 2 heterocycles. The molecule has 78 valence electrons. The van der Waals surface area contributed by atoms with Crippen molar-refractivity contribution in [3.05, 3.63) is 22.4 Å². The molecule has 1 fully saturated rings. The summed E-state index contributed by atoms with van der Waals surface area (Å²) in [6, 6.07) is 4.69.